The lowest BCUT2D eigenvalue weighted by Crippen LogP contribution is -2.33. The molecule has 0 unspecified atom stereocenters. The van der Waals surface area contributed by atoms with E-state index >= 15 is 0 Å². The van der Waals surface area contributed by atoms with Gasteiger partial charge in [-0.25, -0.2) is 0 Å². The third kappa shape index (κ3) is 5.32. The molecule has 2 N–H and O–H groups in total. The summed E-state index contributed by atoms with van der Waals surface area (Å²) in [5, 5.41) is 18.3. The largest absolute Gasteiger partial charge is 0.488 e. The predicted molar refractivity (Wildman–Crippen MR) is 67.0 cm³/mol. The first-order valence-corrected chi connectivity index (χ1v) is 5.85. The smallest absolute Gasteiger partial charge is 0.423 e. The molecule has 94 valence electrons. The summed E-state index contributed by atoms with van der Waals surface area (Å²) in [6.07, 6.45) is 1.000. The summed E-state index contributed by atoms with van der Waals surface area (Å²) in [7, 11) is -1.45. The van der Waals surface area contributed by atoms with E-state index in [2.05, 4.69) is 6.92 Å². The van der Waals surface area contributed by atoms with Crippen LogP contribution in [0.25, 0.3) is 0 Å². The fourth-order valence-corrected chi connectivity index (χ4v) is 1.46. The van der Waals surface area contributed by atoms with Gasteiger partial charge in [0, 0.05) is 6.61 Å². The minimum atomic E-state index is -1.45. The summed E-state index contributed by atoms with van der Waals surface area (Å²) in [5.41, 5.74) is 1.28. The molecule has 1 rings (SSSR count). The second-order valence-electron chi connectivity index (χ2n) is 3.74. The molecular formula is C12H19BO4. The van der Waals surface area contributed by atoms with Crippen LogP contribution in [0.4, 0.5) is 0 Å². The van der Waals surface area contributed by atoms with Gasteiger partial charge in [0.25, 0.3) is 0 Å². The van der Waals surface area contributed by atoms with Gasteiger partial charge in [-0.1, -0.05) is 31.2 Å². The quantitative estimate of drug-likeness (QED) is 0.505. The Morgan fingerprint density at radius 3 is 2.47 bits per heavy atom. The normalized spacial score (nSPS) is 10.5. The molecule has 0 aliphatic carbocycles. The first kappa shape index (κ1) is 14.2. The van der Waals surface area contributed by atoms with Crippen molar-refractivity contribution in [2.75, 3.05) is 19.8 Å². The highest BCUT2D eigenvalue weighted by molar-refractivity contribution is 6.59. The Labute approximate surface area is 102 Å². The van der Waals surface area contributed by atoms with Gasteiger partial charge in [-0.05, 0) is 17.4 Å². The second kappa shape index (κ2) is 8.25. The van der Waals surface area contributed by atoms with Crippen molar-refractivity contribution >= 4 is 12.6 Å². The van der Waals surface area contributed by atoms with E-state index in [9.17, 15) is 0 Å². The monoisotopic (exact) mass is 238 g/mol. The van der Waals surface area contributed by atoms with Crippen molar-refractivity contribution in [3.8, 4) is 0 Å². The molecule has 0 saturated heterocycles. The lowest BCUT2D eigenvalue weighted by molar-refractivity contribution is 0.0410. The van der Waals surface area contributed by atoms with Crippen LogP contribution in [0.3, 0.4) is 0 Å². The molecule has 0 atom stereocenters. The second-order valence-corrected chi connectivity index (χ2v) is 3.74. The predicted octanol–water partition coefficient (Wildman–Crippen LogP) is 0.310. The van der Waals surface area contributed by atoms with Crippen molar-refractivity contribution in [3.63, 3.8) is 0 Å². The van der Waals surface area contributed by atoms with Gasteiger partial charge < -0.3 is 19.5 Å². The summed E-state index contributed by atoms with van der Waals surface area (Å²) in [6.45, 7) is 4.24. The van der Waals surface area contributed by atoms with Crippen molar-refractivity contribution in [1.29, 1.82) is 0 Å². The molecule has 4 nitrogen and oxygen atoms in total. The average molecular weight is 238 g/mol. The number of ether oxygens (including phenoxy) is 2. The van der Waals surface area contributed by atoms with Gasteiger partial charge in [-0.15, -0.1) is 0 Å². The molecule has 5 heteroatoms. The molecule has 0 radical (unpaired) electrons. The highest BCUT2D eigenvalue weighted by Crippen LogP contribution is 1.99. The number of hydrogen-bond donors (Lipinski definition) is 2. The lowest BCUT2D eigenvalue weighted by atomic mass is 9.77. The Kier molecular flexibility index (Phi) is 6.89. The maximum absolute atomic E-state index is 9.15. The minimum Gasteiger partial charge on any atom is -0.423 e. The van der Waals surface area contributed by atoms with E-state index < -0.39 is 7.12 Å². The van der Waals surface area contributed by atoms with Gasteiger partial charge in [0.1, 0.15) is 0 Å². The Bertz CT molecular complexity index is 317. The van der Waals surface area contributed by atoms with E-state index in [0.29, 0.717) is 25.3 Å². The zero-order valence-corrected chi connectivity index (χ0v) is 10.1. The lowest BCUT2D eigenvalue weighted by Gasteiger charge is -2.09. The van der Waals surface area contributed by atoms with Gasteiger partial charge in [-0.2, -0.15) is 0 Å². The molecule has 0 heterocycles. The number of rotatable bonds is 8. The van der Waals surface area contributed by atoms with Crippen LogP contribution in [-0.4, -0.2) is 37.0 Å². The minimum absolute atomic E-state index is 0.364. The Hall–Kier alpha value is -0.875. The van der Waals surface area contributed by atoms with Gasteiger partial charge in [0.2, 0.25) is 0 Å². The van der Waals surface area contributed by atoms with Gasteiger partial charge in [0.05, 0.1) is 19.8 Å². The molecule has 1 aromatic carbocycles. The summed E-state index contributed by atoms with van der Waals surface area (Å²) in [6, 6.07) is 7.11. The molecule has 0 amide bonds. The SMILES string of the molecule is CCCOCCOCc1ccccc1B(O)O. The first-order chi connectivity index (χ1) is 8.25. The van der Waals surface area contributed by atoms with E-state index in [-0.39, 0.29) is 0 Å². The van der Waals surface area contributed by atoms with Crippen LogP contribution in [0.2, 0.25) is 0 Å². The molecule has 0 aliphatic rings. The molecule has 0 spiro atoms. The first-order valence-electron chi connectivity index (χ1n) is 5.85. The number of hydrogen-bond acceptors (Lipinski definition) is 4. The van der Waals surface area contributed by atoms with Crippen LogP contribution in [-0.2, 0) is 16.1 Å². The zero-order chi connectivity index (χ0) is 12.5. The third-order valence-corrected chi connectivity index (χ3v) is 2.31. The van der Waals surface area contributed by atoms with E-state index in [0.717, 1.165) is 18.6 Å². The van der Waals surface area contributed by atoms with E-state index in [1.54, 1.807) is 12.1 Å². The molecule has 0 saturated carbocycles. The molecule has 0 aromatic heterocycles. The van der Waals surface area contributed by atoms with Crippen LogP contribution in [0.5, 0.6) is 0 Å². The Morgan fingerprint density at radius 1 is 1.06 bits per heavy atom. The van der Waals surface area contributed by atoms with Gasteiger partial charge >= 0.3 is 7.12 Å². The Morgan fingerprint density at radius 2 is 1.76 bits per heavy atom. The topological polar surface area (TPSA) is 58.9 Å². The highest BCUT2D eigenvalue weighted by Gasteiger charge is 2.14. The standard InChI is InChI=1S/C12H19BO4/c1-2-7-16-8-9-17-10-11-5-3-4-6-12(11)13(14)15/h3-6,14-15H,2,7-10H2,1H3. The summed E-state index contributed by atoms with van der Waals surface area (Å²) < 4.78 is 10.7. The molecular weight excluding hydrogens is 219 g/mol. The maximum atomic E-state index is 9.15. The van der Waals surface area contributed by atoms with E-state index in [1.165, 1.54) is 0 Å². The summed E-state index contributed by atoms with van der Waals surface area (Å²) in [4.78, 5) is 0. The van der Waals surface area contributed by atoms with Gasteiger partial charge in [0.15, 0.2) is 0 Å². The van der Waals surface area contributed by atoms with Crippen LogP contribution >= 0.6 is 0 Å². The zero-order valence-electron chi connectivity index (χ0n) is 10.1. The van der Waals surface area contributed by atoms with Crippen molar-refractivity contribution in [2.24, 2.45) is 0 Å². The number of benzene rings is 1. The van der Waals surface area contributed by atoms with Crippen molar-refractivity contribution in [3.05, 3.63) is 29.8 Å². The van der Waals surface area contributed by atoms with Crippen LogP contribution in [0.15, 0.2) is 24.3 Å². The van der Waals surface area contributed by atoms with Crippen LogP contribution in [0.1, 0.15) is 18.9 Å². The van der Waals surface area contributed by atoms with Crippen molar-refractivity contribution < 1.29 is 19.5 Å². The third-order valence-electron chi connectivity index (χ3n) is 2.31. The van der Waals surface area contributed by atoms with E-state index in [1.807, 2.05) is 12.1 Å². The fraction of sp³-hybridized carbons (Fsp3) is 0.500. The summed E-state index contributed by atoms with van der Waals surface area (Å²) in [5.74, 6) is 0. The highest BCUT2D eigenvalue weighted by atomic mass is 16.5. The van der Waals surface area contributed by atoms with Crippen LogP contribution in [0, 0.1) is 0 Å². The van der Waals surface area contributed by atoms with Gasteiger partial charge in [-0.3, -0.25) is 0 Å². The van der Waals surface area contributed by atoms with Crippen molar-refractivity contribution in [1.82, 2.24) is 0 Å². The van der Waals surface area contributed by atoms with Crippen LogP contribution < -0.4 is 5.46 Å². The fourth-order valence-electron chi connectivity index (χ4n) is 1.46. The molecule has 0 aliphatic heterocycles. The van der Waals surface area contributed by atoms with E-state index in [4.69, 9.17) is 19.5 Å². The summed E-state index contributed by atoms with van der Waals surface area (Å²) >= 11 is 0. The molecule has 0 fully saturated rings. The molecule has 1 aromatic rings. The van der Waals surface area contributed by atoms with Crippen molar-refractivity contribution in [2.45, 2.75) is 20.0 Å². The Balaban J connectivity index is 2.31. The maximum Gasteiger partial charge on any atom is 0.488 e. The molecule has 0 bridgehead atoms. The molecule has 17 heavy (non-hydrogen) atoms. The average Bonchev–Trinajstić information content (AvgIpc) is 2.34.